The maximum absolute atomic E-state index is 14.3. The van der Waals surface area contributed by atoms with E-state index in [4.69, 9.17) is 26.3 Å². The van der Waals surface area contributed by atoms with E-state index in [2.05, 4.69) is 38.1 Å². The van der Waals surface area contributed by atoms with Crippen molar-refractivity contribution < 1.29 is 23.8 Å². The Kier molecular flexibility index (Phi) is 10.9. The first-order valence-electron chi connectivity index (χ1n) is 16.6. The van der Waals surface area contributed by atoms with Gasteiger partial charge in [0, 0.05) is 44.5 Å². The molecule has 3 N–H and O–H groups in total. The number of aliphatic hydroxyl groups is 1. The Labute approximate surface area is 309 Å². The van der Waals surface area contributed by atoms with Gasteiger partial charge < -0.3 is 35.2 Å². The van der Waals surface area contributed by atoms with Gasteiger partial charge in [-0.25, -0.2) is 19.3 Å². The number of carbonyl (C=O) groups excluding carboxylic acids is 2. The van der Waals surface area contributed by atoms with Crippen LogP contribution < -0.4 is 25.2 Å². The van der Waals surface area contributed by atoms with Gasteiger partial charge >= 0.3 is 0 Å². The third-order valence-corrected chi connectivity index (χ3v) is 10.4. The zero-order chi connectivity index (χ0) is 37.0. The first kappa shape index (κ1) is 36.5. The normalized spacial score (nSPS) is 16.9. The molecule has 5 heterocycles. The Morgan fingerprint density at radius 1 is 1.19 bits per heavy atom. The number of pyridine rings is 2. The molecular formula is C36H37ClFN9O4S. The summed E-state index contributed by atoms with van der Waals surface area (Å²) in [5, 5.41) is 26.3. The molecule has 6 rings (SSSR count). The average Bonchev–Trinajstić information content (AvgIpc) is 3.61. The number of ether oxygens (including phenoxy) is 1. The summed E-state index contributed by atoms with van der Waals surface area (Å²) in [7, 11) is 1.52. The molecule has 0 radical (unpaired) electrons. The predicted molar refractivity (Wildman–Crippen MR) is 199 cm³/mol. The van der Waals surface area contributed by atoms with E-state index in [-0.39, 0.29) is 34.0 Å². The molecule has 270 valence electrons. The number of hydrogen-bond donors (Lipinski definition) is 3. The minimum absolute atomic E-state index is 0.0746. The summed E-state index contributed by atoms with van der Waals surface area (Å²) in [6, 6.07) is 11.6. The standard InChI is InChI=1S/C36H37ClFN9O4S/c1-4-30(48)47-17-16-46(21-23(47)10-13-39)33-27(45-14-11-36(2,50)12-15-45)18-22(19-40-33)26-8-9-28(51-3)32(42-26)44-35-41-20-29(52-35)34(49)43-31-24(37)6-5-7-25(31)38/h4-9,18-20,23,50H,1,10-12,14-17,21H2,2-3H3,(H,43,49)(H,41,42,44). The lowest BCUT2D eigenvalue weighted by molar-refractivity contribution is -0.128. The fraction of sp³-hybridized carbons (Fsp3) is 0.333. The van der Waals surface area contributed by atoms with Crippen molar-refractivity contribution in [2.75, 3.05) is 60.3 Å². The van der Waals surface area contributed by atoms with E-state index in [1.807, 2.05) is 19.1 Å². The van der Waals surface area contributed by atoms with Gasteiger partial charge in [0.15, 0.2) is 22.5 Å². The molecular weight excluding hydrogens is 709 g/mol. The van der Waals surface area contributed by atoms with Crippen molar-refractivity contribution in [3.8, 4) is 23.1 Å². The zero-order valence-electron chi connectivity index (χ0n) is 28.6. The van der Waals surface area contributed by atoms with Crippen molar-refractivity contribution in [2.24, 2.45) is 0 Å². The van der Waals surface area contributed by atoms with Crippen LogP contribution in [0.2, 0.25) is 5.02 Å². The molecule has 0 aliphatic carbocycles. The second kappa shape index (κ2) is 15.5. The van der Waals surface area contributed by atoms with Gasteiger partial charge in [0.25, 0.3) is 5.91 Å². The molecule has 0 bridgehead atoms. The highest BCUT2D eigenvalue weighted by Gasteiger charge is 2.34. The van der Waals surface area contributed by atoms with Crippen LogP contribution in [-0.4, -0.2) is 88.2 Å². The van der Waals surface area contributed by atoms with E-state index in [1.165, 1.54) is 37.6 Å². The molecule has 1 atom stereocenters. The van der Waals surface area contributed by atoms with Crippen LogP contribution in [0.4, 0.5) is 32.5 Å². The largest absolute Gasteiger partial charge is 0.493 e. The number of amides is 2. The van der Waals surface area contributed by atoms with E-state index in [0.717, 1.165) is 28.4 Å². The van der Waals surface area contributed by atoms with Gasteiger partial charge in [-0.2, -0.15) is 5.26 Å². The van der Waals surface area contributed by atoms with Crippen LogP contribution in [0.1, 0.15) is 35.9 Å². The van der Waals surface area contributed by atoms with Gasteiger partial charge in [-0.1, -0.05) is 35.6 Å². The Bertz CT molecular complexity index is 2010. The molecule has 0 saturated carbocycles. The van der Waals surface area contributed by atoms with Crippen molar-refractivity contribution in [1.29, 1.82) is 5.26 Å². The lowest BCUT2D eigenvalue weighted by Gasteiger charge is -2.43. The molecule has 3 aromatic heterocycles. The number of piperidine rings is 1. The molecule has 13 nitrogen and oxygen atoms in total. The molecule has 2 amide bonds. The Morgan fingerprint density at radius 2 is 1.98 bits per heavy atom. The third-order valence-electron chi connectivity index (χ3n) is 9.13. The number of benzene rings is 1. The van der Waals surface area contributed by atoms with Gasteiger partial charge in [-0.3, -0.25) is 9.59 Å². The van der Waals surface area contributed by atoms with Crippen LogP contribution in [0, 0.1) is 17.1 Å². The second-order valence-corrected chi connectivity index (χ2v) is 14.1. The zero-order valence-corrected chi connectivity index (χ0v) is 30.2. The molecule has 2 saturated heterocycles. The van der Waals surface area contributed by atoms with Crippen molar-refractivity contribution in [2.45, 2.75) is 37.8 Å². The molecule has 4 aromatic rings. The minimum atomic E-state index is -0.768. The lowest BCUT2D eigenvalue weighted by atomic mass is 9.93. The summed E-state index contributed by atoms with van der Waals surface area (Å²) in [6.45, 7) is 8.03. The molecule has 2 fully saturated rings. The second-order valence-electron chi connectivity index (χ2n) is 12.7. The summed E-state index contributed by atoms with van der Waals surface area (Å²) in [6.07, 6.45) is 5.70. The molecule has 1 aromatic carbocycles. The number of anilines is 5. The number of halogens is 2. The summed E-state index contributed by atoms with van der Waals surface area (Å²) in [4.78, 5) is 45.7. The van der Waals surface area contributed by atoms with Crippen LogP contribution in [0.5, 0.6) is 5.75 Å². The van der Waals surface area contributed by atoms with E-state index in [0.29, 0.717) is 68.0 Å². The average molecular weight is 746 g/mol. The fourth-order valence-electron chi connectivity index (χ4n) is 6.22. The summed E-state index contributed by atoms with van der Waals surface area (Å²) < 4.78 is 19.8. The maximum atomic E-state index is 14.3. The van der Waals surface area contributed by atoms with E-state index in [9.17, 15) is 24.3 Å². The van der Waals surface area contributed by atoms with Crippen LogP contribution in [0.15, 0.2) is 61.4 Å². The van der Waals surface area contributed by atoms with Gasteiger partial charge in [-0.05, 0) is 56.2 Å². The predicted octanol–water partition coefficient (Wildman–Crippen LogP) is 5.87. The number of aromatic nitrogens is 3. The quantitative estimate of drug-likeness (QED) is 0.167. The number of nitrogens with zero attached hydrogens (tertiary/aromatic N) is 7. The highest BCUT2D eigenvalue weighted by atomic mass is 35.5. The first-order chi connectivity index (χ1) is 25.0. The van der Waals surface area contributed by atoms with Gasteiger partial charge in [-0.15, -0.1) is 0 Å². The van der Waals surface area contributed by atoms with Crippen LogP contribution in [0.3, 0.4) is 0 Å². The fourth-order valence-corrected chi connectivity index (χ4v) is 7.14. The molecule has 16 heteroatoms. The van der Waals surface area contributed by atoms with Crippen molar-refractivity contribution in [1.82, 2.24) is 19.9 Å². The van der Waals surface area contributed by atoms with Gasteiger partial charge in [0.2, 0.25) is 5.91 Å². The first-order valence-corrected chi connectivity index (χ1v) is 17.8. The molecule has 1 unspecified atom stereocenters. The summed E-state index contributed by atoms with van der Waals surface area (Å²) >= 11 is 7.12. The number of carbonyl (C=O) groups is 2. The number of piperazine rings is 1. The SMILES string of the molecule is C=CC(=O)N1CCN(c2ncc(-c3ccc(OC)c(Nc4ncc(C(=O)Nc5c(F)cccc5Cl)s4)n3)cc2N2CCC(C)(O)CC2)CC1CC#N. The Hall–Kier alpha value is -5.30. The van der Waals surface area contributed by atoms with Gasteiger partial charge in [0.05, 0.1) is 59.5 Å². The highest BCUT2D eigenvalue weighted by molar-refractivity contribution is 7.17. The van der Waals surface area contributed by atoms with Crippen molar-refractivity contribution in [3.05, 3.63) is 77.2 Å². The van der Waals surface area contributed by atoms with Gasteiger partial charge in [0.1, 0.15) is 10.7 Å². The topological polar surface area (TPSA) is 160 Å². The molecule has 52 heavy (non-hydrogen) atoms. The molecule has 2 aliphatic rings. The maximum Gasteiger partial charge on any atom is 0.267 e. The number of thiazole rings is 1. The molecule has 0 spiro atoms. The number of methoxy groups -OCH3 is 1. The minimum Gasteiger partial charge on any atom is -0.493 e. The van der Waals surface area contributed by atoms with Crippen LogP contribution in [-0.2, 0) is 4.79 Å². The Morgan fingerprint density at radius 3 is 2.69 bits per heavy atom. The van der Waals surface area contributed by atoms with E-state index >= 15 is 0 Å². The smallest absolute Gasteiger partial charge is 0.267 e. The van der Waals surface area contributed by atoms with Crippen LogP contribution in [0.25, 0.3) is 11.3 Å². The Balaban J connectivity index is 1.28. The van der Waals surface area contributed by atoms with Crippen molar-refractivity contribution in [3.63, 3.8) is 0 Å². The number of nitriles is 1. The van der Waals surface area contributed by atoms with E-state index in [1.54, 1.807) is 17.2 Å². The van der Waals surface area contributed by atoms with Crippen molar-refractivity contribution >= 4 is 62.9 Å². The van der Waals surface area contributed by atoms with Crippen LogP contribution >= 0.6 is 22.9 Å². The van der Waals surface area contributed by atoms with E-state index < -0.39 is 17.3 Å². The number of para-hydroxylation sites is 1. The summed E-state index contributed by atoms with van der Waals surface area (Å²) in [5.74, 6) is 0.0643. The third kappa shape index (κ3) is 7.94. The number of hydrogen-bond acceptors (Lipinski definition) is 12. The number of rotatable bonds is 10. The highest BCUT2D eigenvalue weighted by Crippen LogP contribution is 2.38. The number of nitrogens with one attached hydrogen (secondary N) is 2. The summed E-state index contributed by atoms with van der Waals surface area (Å²) in [5.41, 5.74) is 1.27. The molecule has 2 aliphatic heterocycles. The lowest BCUT2D eigenvalue weighted by Crippen LogP contribution is -2.55. The monoisotopic (exact) mass is 745 g/mol.